The highest BCUT2D eigenvalue weighted by Gasteiger charge is 2.35. The summed E-state index contributed by atoms with van der Waals surface area (Å²) in [6.07, 6.45) is 8.83. The standard InChI is InChI=1S/C22H18F2N2O2.C20H23FN2O3.C19H19FN2O2/c23-18-5-1-3-15(9-18)14-28-20-11-17-13-26(8-7-21(17)25-12-20)22(27)16-4-2-6-19(24)10-16;1-20(2,3)26-19(24)23-8-7-18-15(12-23)10-17(11-22-18)25-13-14-5-4-6-16(21)9-14;20-16-3-1-2-13(8-16)12-24-17-9-15-11-22(19(23)14-4-5-14)7-6-18(15)21-10-17/h1-6,9-12H,7-8,13-14H2;4-6,9-11H,7-8,12-13H2,1-3H3;1-3,8-10,14H,4-7,11-12H2. The number of halogens is 4. The summed E-state index contributed by atoms with van der Waals surface area (Å²) in [6.45, 7) is 9.61. The van der Waals surface area contributed by atoms with Gasteiger partial charge in [0.25, 0.3) is 5.91 Å². The molecule has 0 N–H and O–H groups in total. The summed E-state index contributed by atoms with van der Waals surface area (Å²) in [5, 5.41) is 0. The average molecular weight is 1070 g/mol. The molecule has 17 heteroatoms. The fourth-order valence-electron chi connectivity index (χ4n) is 9.07. The number of pyridine rings is 3. The highest BCUT2D eigenvalue weighted by atomic mass is 19.1. The Morgan fingerprint density at radius 3 is 1.31 bits per heavy atom. The minimum Gasteiger partial charge on any atom is -0.487 e. The van der Waals surface area contributed by atoms with Crippen LogP contribution in [0.15, 0.2) is 134 Å². The number of nitrogens with zero attached hydrogens (tertiary/aromatic N) is 6. The number of ether oxygens (including phenoxy) is 4. The summed E-state index contributed by atoms with van der Waals surface area (Å²) >= 11 is 0. The van der Waals surface area contributed by atoms with Crippen LogP contribution in [-0.2, 0) is 68.2 Å². The molecule has 78 heavy (non-hydrogen) atoms. The van der Waals surface area contributed by atoms with Gasteiger partial charge in [0.2, 0.25) is 5.91 Å². The van der Waals surface area contributed by atoms with Crippen molar-refractivity contribution < 1.29 is 50.9 Å². The van der Waals surface area contributed by atoms with Crippen molar-refractivity contribution in [2.75, 3.05) is 19.6 Å². The van der Waals surface area contributed by atoms with Crippen molar-refractivity contribution in [1.82, 2.24) is 29.7 Å². The first-order valence-electron chi connectivity index (χ1n) is 25.9. The van der Waals surface area contributed by atoms with Crippen LogP contribution in [0.25, 0.3) is 0 Å². The van der Waals surface area contributed by atoms with E-state index in [1.54, 1.807) is 64.8 Å². The molecule has 3 aromatic heterocycles. The third-order valence-electron chi connectivity index (χ3n) is 13.2. The molecule has 3 aliphatic heterocycles. The van der Waals surface area contributed by atoms with Gasteiger partial charge in [-0.2, -0.15) is 0 Å². The van der Waals surface area contributed by atoms with Crippen LogP contribution in [0.4, 0.5) is 22.4 Å². The molecule has 11 rings (SSSR count). The van der Waals surface area contributed by atoms with Crippen LogP contribution >= 0.6 is 0 Å². The Morgan fingerprint density at radius 2 is 0.897 bits per heavy atom. The lowest BCUT2D eigenvalue weighted by atomic mass is 10.0. The third kappa shape index (κ3) is 15.2. The number of carbonyl (C=O) groups is 3. The van der Waals surface area contributed by atoms with Crippen molar-refractivity contribution in [3.8, 4) is 17.2 Å². The van der Waals surface area contributed by atoms with Crippen molar-refractivity contribution in [1.29, 1.82) is 0 Å². The van der Waals surface area contributed by atoms with Crippen LogP contribution in [0.5, 0.6) is 17.2 Å². The summed E-state index contributed by atoms with van der Waals surface area (Å²) < 4.78 is 75.8. The quantitative estimate of drug-likeness (QED) is 0.115. The Hall–Kier alpha value is -8.34. The zero-order chi connectivity index (χ0) is 54.8. The summed E-state index contributed by atoms with van der Waals surface area (Å²) in [6, 6.07) is 30.3. The van der Waals surface area contributed by atoms with Gasteiger partial charge >= 0.3 is 6.09 Å². The van der Waals surface area contributed by atoms with Gasteiger partial charge in [0.1, 0.15) is 65.9 Å². The Kier molecular flexibility index (Phi) is 17.3. The maximum Gasteiger partial charge on any atom is 0.410 e. The number of amides is 3. The Balaban J connectivity index is 0.000000143. The molecule has 0 atom stereocenters. The molecule has 1 fully saturated rings. The van der Waals surface area contributed by atoms with Gasteiger partial charge < -0.3 is 33.6 Å². The molecule has 1 aliphatic carbocycles. The smallest absolute Gasteiger partial charge is 0.410 e. The molecule has 404 valence electrons. The summed E-state index contributed by atoms with van der Waals surface area (Å²) in [4.78, 5) is 55.8. The van der Waals surface area contributed by atoms with Crippen LogP contribution in [-0.4, -0.2) is 72.8 Å². The maximum absolute atomic E-state index is 13.4. The number of hydrogen-bond acceptors (Lipinski definition) is 10. The second kappa shape index (κ2) is 24.8. The maximum atomic E-state index is 13.4. The predicted octanol–water partition coefficient (Wildman–Crippen LogP) is 11.3. The lowest BCUT2D eigenvalue weighted by Crippen LogP contribution is -2.40. The highest BCUT2D eigenvalue weighted by molar-refractivity contribution is 5.94. The van der Waals surface area contributed by atoms with E-state index >= 15 is 0 Å². The van der Waals surface area contributed by atoms with E-state index in [1.165, 1.54) is 54.6 Å². The predicted molar refractivity (Wildman–Crippen MR) is 282 cm³/mol. The van der Waals surface area contributed by atoms with Gasteiger partial charge in [0.05, 0.1) is 25.1 Å². The number of hydrogen-bond donors (Lipinski definition) is 0. The number of carbonyl (C=O) groups excluding carboxylic acids is 3. The summed E-state index contributed by atoms with van der Waals surface area (Å²) in [5.41, 5.74) is 7.86. The highest BCUT2D eigenvalue weighted by Crippen LogP contribution is 2.33. The molecule has 13 nitrogen and oxygen atoms in total. The van der Waals surface area contributed by atoms with Crippen molar-refractivity contribution in [2.45, 2.75) is 97.9 Å². The molecule has 0 spiro atoms. The van der Waals surface area contributed by atoms with E-state index in [1.807, 2.05) is 49.9 Å². The lowest BCUT2D eigenvalue weighted by Gasteiger charge is -2.30. The van der Waals surface area contributed by atoms with Crippen LogP contribution in [0.2, 0.25) is 0 Å². The van der Waals surface area contributed by atoms with Gasteiger partial charge in [-0.1, -0.05) is 42.5 Å². The van der Waals surface area contributed by atoms with Gasteiger partial charge in [-0.3, -0.25) is 24.5 Å². The lowest BCUT2D eigenvalue weighted by molar-refractivity contribution is -0.133. The minimum atomic E-state index is -0.522. The van der Waals surface area contributed by atoms with Crippen LogP contribution in [0.1, 0.15) is 94.4 Å². The molecule has 7 aromatic rings. The molecule has 0 unspecified atom stereocenters. The van der Waals surface area contributed by atoms with E-state index < -0.39 is 11.4 Å². The first-order chi connectivity index (χ1) is 37.6. The van der Waals surface area contributed by atoms with Gasteiger partial charge in [-0.15, -0.1) is 0 Å². The largest absolute Gasteiger partial charge is 0.487 e. The normalized spacial score (nSPS) is 14.5. The van der Waals surface area contributed by atoms with E-state index in [4.69, 9.17) is 18.9 Å². The van der Waals surface area contributed by atoms with Crippen LogP contribution < -0.4 is 14.2 Å². The van der Waals surface area contributed by atoms with E-state index in [9.17, 15) is 31.9 Å². The fourth-order valence-corrected chi connectivity index (χ4v) is 9.07. The summed E-state index contributed by atoms with van der Waals surface area (Å²) in [7, 11) is 0. The van der Waals surface area contributed by atoms with Crippen molar-refractivity contribution >= 4 is 17.9 Å². The number of rotatable bonds is 11. The molecule has 0 saturated heterocycles. The first kappa shape index (κ1) is 54.4. The van der Waals surface area contributed by atoms with Gasteiger partial charge in [0.15, 0.2) is 0 Å². The second-order valence-electron chi connectivity index (χ2n) is 20.5. The Morgan fingerprint density at radius 1 is 0.513 bits per heavy atom. The van der Waals surface area contributed by atoms with Gasteiger partial charge in [-0.25, -0.2) is 22.4 Å². The molecular formula is C61H60F4N6O7. The van der Waals surface area contributed by atoms with E-state index in [0.717, 1.165) is 76.3 Å². The number of fused-ring (bicyclic) bond motifs is 3. The molecule has 1 saturated carbocycles. The van der Waals surface area contributed by atoms with E-state index in [0.29, 0.717) is 75.0 Å². The van der Waals surface area contributed by atoms with Gasteiger partial charge in [-0.05, 0) is 140 Å². The van der Waals surface area contributed by atoms with Crippen molar-refractivity contribution in [3.05, 3.63) is 213 Å². The molecular weight excluding hydrogens is 1000 g/mol. The SMILES string of the molecule is CC(C)(C)OC(=O)N1CCc2ncc(OCc3cccc(F)c3)cc2C1.O=C(C1CC1)N1CCc2ncc(OCc3cccc(F)c3)cc2C1.O=C(c1cccc(F)c1)N1CCc2ncc(OCc3cccc(F)c3)cc2C1. The van der Waals surface area contributed by atoms with E-state index in [-0.39, 0.29) is 54.5 Å². The minimum absolute atomic E-state index is 0.212. The van der Waals surface area contributed by atoms with Crippen LogP contribution in [0, 0.1) is 29.2 Å². The zero-order valence-electron chi connectivity index (χ0n) is 43.7. The first-order valence-corrected chi connectivity index (χ1v) is 25.9. The molecule has 0 bridgehead atoms. The van der Waals surface area contributed by atoms with Gasteiger partial charge in [0, 0.05) is 80.5 Å². The van der Waals surface area contributed by atoms with E-state index in [2.05, 4.69) is 15.0 Å². The van der Waals surface area contributed by atoms with Crippen LogP contribution in [0.3, 0.4) is 0 Å². The van der Waals surface area contributed by atoms with Crippen molar-refractivity contribution in [3.63, 3.8) is 0 Å². The monoisotopic (exact) mass is 1060 g/mol. The molecule has 6 heterocycles. The number of benzene rings is 4. The fraction of sp³-hybridized carbons (Fsp3) is 0.311. The molecule has 4 aromatic carbocycles. The molecule has 4 aliphatic rings. The summed E-state index contributed by atoms with van der Waals surface area (Å²) in [5.74, 6) is 0.807. The molecule has 3 amide bonds. The zero-order valence-corrected chi connectivity index (χ0v) is 43.7. The van der Waals surface area contributed by atoms with Crippen molar-refractivity contribution in [2.24, 2.45) is 5.92 Å². The third-order valence-corrected chi connectivity index (χ3v) is 13.2. The Labute approximate surface area is 450 Å². The number of aromatic nitrogens is 3. The Bertz CT molecular complexity index is 3280. The topological polar surface area (TPSA) is 137 Å². The molecule has 0 radical (unpaired) electrons. The second-order valence-corrected chi connectivity index (χ2v) is 20.5. The average Bonchev–Trinajstić information content (AvgIpc) is 4.30.